The Morgan fingerprint density at radius 3 is 2.29 bits per heavy atom. The van der Waals surface area contributed by atoms with E-state index in [0.29, 0.717) is 6.04 Å². The lowest BCUT2D eigenvalue weighted by Crippen LogP contribution is -2.28. The molecule has 0 aromatic heterocycles. The van der Waals surface area contributed by atoms with Crippen LogP contribution in [0.5, 0.6) is 0 Å². The zero-order chi connectivity index (χ0) is 11.7. The van der Waals surface area contributed by atoms with Gasteiger partial charge in [0.25, 0.3) is 0 Å². The highest BCUT2D eigenvalue weighted by Gasteiger charge is 2.33. The molecule has 0 aliphatic heterocycles. The molecule has 0 radical (unpaired) electrons. The van der Waals surface area contributed by atoms with Crippen LogP contribution in [0.25, 0.3) is 0 Å². The summed E-state index contributed by atoms with van der Waals surface area (Å²) in [6.07, 6.45) is 5.74. The molecule has 2 saturated carbocycles. The van der Waals surface area contributed by atoms with Crippen LogP contribution in [-0.4, -0.2) is 6.54 Å². The Labute approximate surface area is 105 Å². The van der Waals surface area contributed by atoms with Crippen molar-refractivity contribution < 1.29 is 0 Å². The third-order valence-corrected chi connectivity index (χ3v) is 4.34. The highest BCUT2D eigenvalue weighted by atomic mass is 14.9. The van der Waals surface area contributed by atoms with E-state index in [2.05, 4.69) is 42.6 Å². The molecule has 3 rings (SSSR count). The molecule has 92 valence electrons. The molecule has 0 bridgehead atoms. The van der Waals surface area contributed by atoms with Gasteiger partial charge in [-0.05, 0) is 55.5 Å². The van der Waals surface area contributed by atoms with Crippen LogP contribution in [0, 0.1) is 17.8 Å². The monoisotopic (exact) mass is 229 g/mol. The highest BCUT2D eigenvalue weighted by molar-refractivity contribution is 5.21. The van der Waals surface area contributed by atoms with Crippen LogP contribution < -0.4 is 5.32 Å². The normalized spacial score (nSPS) is 23.4. The van der Waals surface area contributed by atoms with Crippen LogP contribution in [-0.2, 0) is 0 Å². The molecular weight excluding hydrogens is 206 g/mol. The maximum Gasteiger partial charge on any atom is 0.0348 e. The molecule has 17 heavy (non-hydrogen) atoms. The first-order valence-electron chi connectivity index (χ1n) is 7.13. The molecule has 0 amide bonds. The summed E-state index contributed by atoms with van der Waals surface area (Å²) in [5.41, 5.74) is 1.48. The van der Waals surface area contributed by atoms with Crippen LogP contribution in [0.4, 0.5) is 0 Å². The number of rotatable bonds is 6. The summed E-state index contributed by atoms with van der Waals surface area (Å²) in [6, 6.07) is 11.6. The average Bonchev–Trinajstić information content (AvgIpc) is 3.22. The van der Waals surface area contributed by atoms with E-state index in [9.17, 15) is 0 Å². The zero-order valence-electron chi connectivity index (χ0n) is 10.7. The zero-order valence-corrected chi connectivity index (χ0v) is 10.7. The maximum atomic E-state index is 3.82. The Morgan fingerprint density at radius 1 is 1.06 bits per heavy atom. The Morgan fingerprint density at radius 2 is 1.71 bits per heavy atom. The first kappa shape index (κ1) is 11.3. The molecule has 1 N–H and O–H groups in total. The van der Waals surface area contributed by atoms with Gasteiger partial charge in [0, 0.05) is 6.04 Å². The van der Waals surface area contributed by atoms with E-state index in [-0.39, 0.29) is 0 Å². The second kappa shape index (κ2) is 4.81. The fourth-order valence-electron chi connectivity index (χ4n) is 2.79. The van der Waals surface area contributed by atoms with Crippen molar-refractivity contribution >= 4 is 0 Å². The molecule has 2 aliphatic carbocycles. The predicted molar refractivity (Wildman–Crippen MR) is 71.8 cm³/mol. The summed E-state index contributed by atoms with van der Waals surface area (Å²) in [4.78, 5) is 0. The smallest absolute Gasteiger partial charge is 0.0348 e. The van der Waals surface area contributed by atoms with E-state index >= 15 is 0 Å². The van der Waals surface area contributed by atoms with Crippen molar-refractivity contribution in [2.24, 2.45) is 17.8 Å². The Balaban J connectivity index is 1.60. The lowest BCUT2D eigenvalue weighted by molar-refractivity contribution is 0.398. The van der Waals surface area contributed by atoms with E-state index in [1.54, 1.807) is 0 Å². The third-order valence-electron chi connectivity index (χ3n) is 4.34. The maximum absolute atomic E-state index is 3.82. The third kappa shape index (κ3) is 2.90. The fraction of sp³-hybridized carbons (Fsp3) is 0.625. The van der Waals surface area contributed by atoms with Gasteiger partial charge in [0.2, 0.25) is 0 Å². The summed E-state index contributed by atoms with van der Waals surface area (Å²) in [5.74, 6) is 2.77. The average molecular weight is 229 g/mol. The Kier molecular flexibility index (Phi) is 3.19. The van der Waals surface area contributed by atoms with Gasteiger partial charge in [-0.25, -0.2) is 0 Å². The molecule has 2 aliphatic rings. The van der Waals surface area contributed by atoms with Crippen molar-refractivity contribution in [2.75, 3.05) is 6.54 Å². The van der Waals surface area contributed by atoms with E-state index < -0.39 is 0 Å². The van der Waals surface area contributed by atoms with Gasteiger partial charge >= 0.3 is 0 Å². The molecule has 0 spiro atoms. The molecule has 1 aromatic carbocycles. The lowest BCUT2D eigenvalue weighted by atomic mass is 10.0. The van der Waals surface area contributed by atoms with Crippen LogP contribution in [0.15, 0.2) is 30.3 Å². The van der Waals surface area contributed by atoms with Crippen molar-refractivity contribution in [1.82, 2.24) is 5.32 Å². The first-order chi connectivity index (χ1) is 8.34. The van der Waals surface area contributed by atoms with Gasteiger partial charge < -0.3 is 5.32 Å². The van der Waals surface area contributed by atoms with E-state index in [1.165, 1.54) is 37.8 Å². The SMILES string of the molecule is CC(CNC(c1ccccc1)C1CC1)C1CC1. The van der Waals surface area contributed by atoms with Crippen LogP contribution in [0.2, 0.25) is 0 Å². The van der Waals surface area contributed by atoms with Gasteiger partial charge in [0.15, 0.2) is 0 Å². The highest BCUT2D eigenvalue weighted by Crippen LogP contribution is 2.42. The van der Waals surface area contributed by atoms with E-state index in [0.717, 1.165) is 17.8 Å². The second-order valence-electron chi connectivity index (χ2n) is 5.95. The molecule has 1 aromatic rings. The van der Waals surface area contributed by atoms with Crippen molar-refractivity contribution in [3.63, 3.8) is 0 Å². The quantitative estimate of drug-likeness (QED) is 0.783. The van der Waals surface area contributed by atoms with Crippen molar-refractivity contribution in [1.29, 1.82) is 0 Å². The van der Waals surface area contributed by atoms with Crippen molar-refractivity contribution in [3.05, 3.63) is 35.9 Å². The largest absolute Gasteiger partial charge is 0.309 e. The molecule has 2 unspecified atom stereocenters. The van der Waals surface area contributed by atoms with E-state index in [1.807, 2.05) is 0 Å². The number of nitrogens with one attached hydrogen (secondary N) is 1. The predicted octanol–water partition coefficient (Wildman–Crippen LogP) is 3.77. The van der Waals surface area contributed by atoms with Gasteiger partial charge in [-0.1, -0.05) is 37.3 Å². The fourth-order valence-corrected chi connectivity index (χ4v) is 2.79. The van der Waals surface area contributed by atoms with Crippen LogP contribution in [0.3, 0.4) is 0 Å². The van der Waals surface area contributed by atoms with Gasteiger partial charge in [-0.2, -0.15) is 0 Å². The Hall–Kier alpha value is -0.820. The van der Waals surface area contributed by atoms with Crippen LogP contribution in [0.1, 0.15) is 44.2 Å². The Bertz CT molecular complexity index is 351. The lowest BCUT2D eigenvalue weighted by Gasteiger charge is -2.21. The molecule has 2 fully saturated rings. The van der Waals surface area contributed by atoms with E-state index in [4.69, 9.17) is 0 Å². The van der Waals surface area contributed by atoms with Crippen LogP contribution >= 0.6 is 0 Å². The van der Waals surface area contributed by atoms with Crippen molar-refractivity contribution in [3.8, 4) is 0 Å². The van der Waals surface area contributed by atoms with Gasteiger partial charge in [-0.3, -0.25) is 0 Å². The topological polar surface area (TPSA) is 12.0 Å². The summed E-state index contributed by atoms with van der Waals surface area (Å²) in [5, 5.41) is 3.82. The molecule has 1 nitrogen and oxygen atoms in total. The molecule has 2 atom stereocenters. The van der Waals surface area contributed by atoms with Crippen molar-refractivity contribution in [2.45, 2.75) is 38.6 Å². The minimum Gasteiger partial charge on any atom is -0.309 e. The first-order valence-corrected chi connectivity index (χ1v) is 7.13. The molecule has 0 saturated heterocycles. The number of benzene rings is 1. The molecular formula is C16H23N. The van der Waals surface area contributed by atoms with Gasteiger partial charge in [0.1, 0.15) is 0 Å². The van der Waals surface area contributed by atoms with Gasteiger partial charge in [-0.15, -0.1) is 0 Å². The number of hydrogen-bond donors (Lipinski definition) is 1. The number of hydrogen-bond acceptors (Lipinski definition) is 1. The summed E-state index contributed by atoms with van der Waals surface area (Å²) in [6.45, 7) is 3.60. The van der Waals surface area contributed by atoms with Gasteiger partial charge in [0.05, 0.1) is 0 Å². The molecule has 0 heterocycles. The minimum absolute atomic E-state index is 0.609. The standard InChI is InChI=1S/C16H23N/c1-12(13-7-8-13)11-17-16(15-9-10-15)14-5-3-2-4-6-14/h2-6,12-13,15-17H,7-11H2,1H3. The summed E-state index contributed by atoms with van der Waals surface area (Å²) < 4.78 is 0. The molecule has 1 heteroatoms. The summed E-state index contributed by atoms with van der Waals surface area (Å²) >= 11 is 0. The summed E-state index contributed by atoms with van der Waals surface area (Å²) in [7, 11) is 0. The minimum atomic E-state index is 0.609. The second-order valence-corrected chi connectivity index (χ2v) is 5.95.